The average molecular weight is 406 g/mol. The summed E-state index contributed by atoms with van der Waals surface area (Å²) < 4.78 is 19.2. The number of carbonyl (C=O) groups excluding carboxylic acids is 1. The molecule has 0 amide bonds. The number of esters is 1. The molecule has 0 spiro atoms. The lowest BCUT2D eigenvalue weighted by atomic mass is 9.95. The number of nitrogens with one attached hydrogen (secondary N) is 1. The lowest BCUT2D eigenvalue weighted by Crippen LogP contribution is -2.36. The van der Waals surface area contributed by atoms with Crippen molar-refractivity contribution in [3.8, 4) is 0 Å². The largest absolute Gasteiger partial charge is 0.463 e. The molecular weight excluding hydrogens is 389 g/mol. The third-order valence-electron chi connectivity index (χ3n) is 3.91. The van der Waals surface area contributed by atoms with Gasteiger partial charge in [0.05, 0.1) is 17.9 Å². The number of hydrogen-bond acceptors (Lipinski definition) is 5. The zero-order valence-electron chi connectivity index (χ0n) is 13.8. The van der Waals surface area contributed by atoms with Crippen LogP contribution in [0.5, 0.6) is 0 Å². The highest BCUT2D eigenvalue weighted by Crippen LogP contribution is 2.36. The Morgan fingerprint density at radius 1 is 1.48 bits per heavy atom. The van der Waals surface area contributed by atoms with Crippen LogP contribution in [-0.4, -0.2) is 24.1 Å². The van der Waals surface area contributed by atoms with E-state index in [9.17, 15) is 9.18 Å². The van der Waals surface area contributed by atoms with E-state index in [2.05, 4.69) is 31.2 Å². The Morgan fingerprint density at radius 3 is 2.92 bits per heavy atom. The molecule has 2 aliphatic rings. The van der Waals surface area contributed by atoms with Gasteiger partial charge in [0.2, 0.25) is 0 Å². The summed E-state index contributed by atoms with van der Waals surface area (Å²) in [4.78, 5) is 21.5. The number of amidine groups is 1. The average Bonchev–Trinajstić information content (AvgIpc) is 3.08. The Bertz CT molecular complexity index is 843. The van der Waals surface area contributed by atoms with E-state index in [0.717, 1.165) is 5.71 Å². The van der Waals surface area contributed by atoms with Crippen molar-refractivity contribution in [2.45, 2.75) is 26.3 Å². The molecule has 2 heterocycles. The molecule has 0 saturated carbocycles. The van der Waals surface area contributed by atoms with Gasteiger partial charge in [-0.05, 0) is 31.5 Å². The second kappa shape index (κ2) is 7.31. The predicted molar refractivity (Wildman–Crippen MR) is 97.9 cm³/mol. The monoisotopic (exact) mass is 405 g/mol. The molecule has 0 aliphatic carbocycles. The number of halogens is 2. The number of ether oxygens (including phenoxy) is 1. The second-order valence-electron chi connectivity index (χ2n) is 5.59. The summed E-state index contributed by atoms with van der Waals surface area (Å²) in [6.45, 7) is 3.81. The molecule has 7 heteroatoms. The Labute approximate surface area is 153 Å². The van der Waals surface area contributed by atoms with Crippen molar-refractivity contribution in [1.82, 2.24) is 5.32 Å². The highest BCUT2D eigenvalue weighted by molar-refractivity contribution is 9.10. The van der Waals surface area contributed by atoms with Gasteiger partial charge in [-0.3, -0.25) is 9.98 Å². The number of rotatable bonds is 4. The number of nitrogens with zero attached hydrogens (tertiary/aromatic N) is 2. The van der Waals surface area contributed by atoms with E-state index in [4.69, 9.17) is 4.74 Å². The Kier molecular flexibility index (Phi) is 5.13. The molecule has 3 rings (SSSR count). The Hall–Kier alpha value is -2.28. The van der Waals surface area contributed by atoms with E-state index >= 15 is 0 Å². The van der Waals surface area contributed by atoms with Gasteiger partial charge in [0, 0.05) is 22.8 Å². The minimum atomic E-state index is -0.603. The van der Waals surface area contributed by atoms with Gasteiger partial charge in [-0.2, -0.15) is 0 Å². The third kappa shape index (κ3) is 3.56. The second-order valence-corrected chi connectivity index (χ2v) is 6.45. The van der Waals surface area contributed by atoms with E-state index in [1.54, 1.807) is 26.1 Å². The first-order valence-corrected chi connectivity index (χ1v) is 8.70. The van der Waals surface area contributed by atoms with E-state index in [1.165, 1.54) is 12.1 Å². The molecule has 0 saturated heterocycles. The van der Waals surface area contributed by atoms with Crippen LogP contribution in [0, 0.1) is 5.82 Å². The Morgan fingerprint density at radius 2 is 2.28 bits per heavy atom. The van der Waals surface area contributed by atoms with Crippen LogP contribution in [0.2, 0.25) is 0 Å². The zero-order chi connectivity index (χ0) is 18.0. The zero-order valence-corrected chi connectivity index (χ0v) is 15.4. The van der Waals surface area contributed by atoms with Crippen molar-refractivity contribution in [1.29, 1.82) is 0 Å². The van der Waals surface area contributed by atoms with Crippen LogP contribution in [0.15, 0.2) is 56.2 Å². The molecule has 0 bridgehead atoms. The van der Waals surface area contributed by atoms with Crippen LogP contribution < -0.4 is 5.32 Å². The van der Waals surface area contributed by atoms with Gasteiger partial charge in [-0.15, -0.1) is 0 Å². The van der Waals surface area contributed by atoms with Gasteiger partial charge >= 0.3 is 5.97 Å². The van der Waals surface area contributed by atoms with E-state index in [1.807, 2.05) is 6.08 Å². The highest BCUT2D eigenvalue weighted by atomic mass is 79.9. The van der Waals surface area contributed by atoms with Crippen molar-refractivity contribution in [2.75, 3.05) is 6.61 Å². The minimum Gasteiger partial charge on any atom is -0.463 e. The summed E-state index contributed by atoms with van der Waals surface area (Å²) >= 11 is 3.37. The van der Waals surface area contributed by atoms with Crippen molar-refractivity contribution in [3.63, 3.8) is 0 Å². The lowest BCUT2D eigenvalue weighted by Gasteiger charge is -2.26. The summed E-state index contributed by atoms with van der Waals surface area (Å²) in [6, 6.07) is 3.73. The van der Waals surface area contributed by atoms with Crippen molar-refractivity contribution in [3.05, 3.63) is 57.6 Å². The van der Waals surface area contributed by atoms with Crippen molar-refractivity contribution < 1.29 is 13.9 Å². The fraction of sp³-hybridized carbons (Fsp3) is 0.278. The number of hydrogen-bond donors (Lipinski definition) is 1. The van der Waals surface area contributed by atoms with Gasteiger partial charge in [-0.25, -0.2) is 9.18 Å². The van der Waals surface area contributed by atoms with Gasteiger partial charge in [0.25, 0.3) is 0 Å². The topological polar surface area (TPSA) is 63.0 Å². The van der Waals surface area contributed by atoms with E-state index in [0.29, 0.717) is 33.6 Å². The van der Waals surface area contributed by atoms with Crippen molar-refractivity contribution in [2.24, 2.45) is 9.98 Å². The van der Waals surface area contributed by atoms with Crippen LogP contribution in [0.4, 0.5) is 4.39 Å². The summed E-state index contributed by atoms with van der Waals surface area (Å²) in [7, 11) is 0. The number of aliphatic imine (C=N–C) groups is 2. The SMILES string of the molecule is CCOC(=O)C1=C(C)NC(C2=NC=CC2)=NC1c1ccc(F)cc1Br. The minimum absolute atomic E-state index is 0.264. The maximum absolute atomic E-state index is 13.5. The van der Waals surface area contributed by atoms with Gasteiger partial charge in [0.1, 0.15) is 17.7 Å². The molecule has 2 aliphatic heterocycles. The predicted octanol–water partition coefficient (Wildman–Crippen LogP) is 3.83. The molecule has 0 radical (unpaired) electrons. The van der Waals surface area contributed by atoms with Crippen molar-refractivity contribution >= 4 is 33.4 Å². The van der Waals surface area contributed by atoms with Gasteiger partial charge < -0.3 is 10.1 Å². The summed E-state index contributed by atoms with van der Waals surface area (Å²) in [5.41, 5.74) is 2.54. The quantitative estimate of drug-likeness (QED) is 0.774. The third-order valence-corrected chi connectivity index (χ3v) is 4.60. The molecule has 130 valence electrons. The molecular formula is C18H17BrFN3O2. The number of carbonyl (C=O) groups is 1. The summed E-state index contributed by atoms with van der Waals surface area (Å²) in [6.07, 6.45) is 4.33. The first-order valence-electron chi connectivity index (χ1n) is 7.91. The van der Waals surface area contributed by atoms with E-state index < -0.39 is 12.0 Å². The molecule has 1 N–H and O–H groups in total. The maximum atomic E-state index is 13.5. The van der Waals surface area contributed by atoms with Gasteiger partial charge in [-0.1, -0.05) is 28.1 Å². The molecule has 1 unspecified atom stereocenters. The highest BCUT2D eigenvalue weighted by Gasteiger charge is 2.32. The molecule has 1 aromatic carbocycles. The molecule has 5 nitrogen and oxygen atoms in total. The first-order chi connectivity index (χ1) is 12.0. The molecule has 1 atom stereocenters. The van der Waals surface area contributed by atoms with Crippen LogP contribution in [0.25, 0.3) is 0 Å². The number of benzene rings is 1. The van der Waals surface area contributed by atoms with Crippen LogP contribution in [-0.2, 0) is 9.53 Å². The standard InChI is InChI=1S/C18H17BrFN3O2/c1-3-25-18(24)15-10(2)22-17(14-5-4-8-21-14)23-16(15)12-7-6-11(20)9-13(12)19/h4,6-9,16H,3,5H2,1-2H3,(H,22,23). The van der Waals surface area contributed by atoms with Crippen LogP contribution >= 0.6 is 15.9 Å². The normalized spacial score (nSPS) is 19.4. The van der Waals surface area contributed by atoms with Crippen LogP contribution in [0.1, 0.15) is 31.9 Å². The lowest BCUT2D eigenvalue weighted by molar-refractivity contribution is -0.138. The molecule has 1 aromatic rings. The molecule has 0 aromatic heterocycles. The van der Waals surface area contributed by atoms with Gasteiger partial charge in [0.15, 0.2) is 0 Å². The summed E-state index contributed by atoms with van der Waals surface area (Å²) in [5.74, 6) is -0.198. The maximum Gasteiger partial charge on any atom is 0.338 e. The fourth-order valence-electron chi connectivity index (χ4n) is 2.76. The Balaban J connectivity index is 2.08. The molecule has 25 heavy (non-hydrogen) atoms. The van der Waals surface area contributed by atoms with E-state index in [-0.39, 0.29) is 12.4 Å². The van der Waals surface area contributed by atoms with Crippen LogP contribution in [0.3, 0.4) is 0 Å². The number of allylic oxidation sites excluding steroid dienone is 2. The fourth-order valence-corrected chi connectivity index (χ4v) is 3.33. The molecule has 0 fully saturated rings. The first kappa shape index (κ1) is 17.5. The smallest absolute Gasteiger partial charge is 0.338 e. The summed E-state index contributed by atoms with van der Waals surface area (Å²) in [5, 5.41) is 3.15.